The Bertz CT molecular complexity index is 1030. The van der Waals surface area contributed by atoms with E-state index >= 15 is 0 Å². The van der Waals surface area contributed by atoms with Crippen LogP contribution >= 0.6 is 0 Å². The fraction of sp³-hybridized carbons (Fsp3) is 0.211. The maximum Gasteiger partial charge on any atom is 0.250 e. The van der Waals surface area contributed by atoms with Gasteiger partial charge in [-0.1, -0.05) is 6.07 Å². The Kier molecular flexibility index (Phi) is 4.38. The highest BCUT2D eigenvalue weighted by Gasteiger charge is 2.21. The minimum absolute atomic E-state index is 0.139. The molecule has 7 nitrogen and oxygen atoms in total. The van der Waals surface area contributed by atoms with Crippen LogP contribution < -0.4 is 16.8 Å². The summed E-state index contributed by atoms with van der Waals surface area (Å²) >= 11 is 0. The van der Waals surface area contributed by atoms with Gasteiger partial charge in [-0.15, -0.1) is 0 Å². The molecule has 26 heavy (non-hydrogen) atoms. The monoisotopic (exact) mass is 351 g/mol. The molecule has 2 aromatic carbocycles. The van der Waals surface area contributed by atoms with Crippen molar-refractivity contribution in [1.29, 1.82) is 0 Å². The number of aromatic nitrogens is 2. The molecule has 0 aliphatic heterocycles. The van der Waals surface area contributed by atoms with Gasteiger partial charge >= 0.3 is 0 Å². The Morgan fingerprint density at radius 1 is 1.27 bits per heavy atom. The minimum atomic E-state index is -0.642. The molecule has 134 valence electrons. The number of nitrogens with one attached hydrogen (secondary N) is 1. The maximum absolute atomic E-state index is 11.9. The third-order valence-electron chi connectivity index (χ3n) is 4.39. The van der Waals surface area contributed by atoms with Crippen molar-refractivity contribution < 1.29 is 9.90 Å². The van der Waals surface area contributed by atoms with Crippen LogP contribution in [0.3, 0.4) is 0 Å². The molecule has 7 heteroatoms. The van der Waals surface area contributed by atoms with E-state index in [1.165, 1.54) is 0 Å². The van der Waals surface area contributed by atoms with Crippen LogP contribution in [0, 0.1) is 13.8 Å². The number of phenolic OH excluding ortho intramolecular Hbond substituents is 1. The smallest absolute Gasteiger partial charge is 0.250 e. The van der Waals surface area contributed by atoms with Gasteiger partial charge in [-0.3, -0.25) is 9.78 Å². The van der Waals surface area contributed by atoms with E-state index < -0.39 is 5.91 Å². The van der Waals surface area contributed by atoms with Crippen molar-refractivity contribution in [2.45, 2.75) is 20.8 Å². The number of primary amides is 1. The molecule has 0 atom stereocenters. The van der Waals surface area contributed by atoms with E-state index in [1.54, 1.807) is 31.3 Å². The zero-order valence-electron chi connectivity index (χ0n) is 14.9. The number of hydrogen-bond donors (Lipinski definition) is 4. The van der Waals surface area contributed by atoms with Crippen molar-refractivity contribution in [2.75, 3.05) is 17.6 Å². The summed E-state index contributed by atoms with van der Waals surface area (Å²) in [5.74, 6) is 0.0899. The third kappa shape index (κ3) is 2.77. The first-order valence-corrected chi connectivity index (χ1v) is 8.27. The number of nitrogens with zero attached hydrogens (tertiary/aromatic N) is 2. The lowest BCUT2D eigenvalue weighted by atomic mass is 9.91. The molecular formula is C19H21N5O2. The normalized spacial score (nSPS) is 10.9. The van der Waals surface area contributed by atoms with Crippen LogP contribution in [-0.4, -0.2) is 27.5 Å². The lowest BCUT2D eigenvalue weighted by Crippen LogP contribution is -2.15. The van der Waals surface area contributed by atoms with Crippen molar-refractivity contribution >= 4 is 28.4 Å². The predicted octanol–water partition coefficient (Wildman–Crippen LogP) is 2.73. The van der Waals surface area contributed by atoms with Crippen LogP contribution in [-0.2, 0) is 0 Å². The number of carbonyl (C=O) groups excluding carboxylic acids is 1. The van der Waals surface area contributed by atoms with E-state index in [-0.39, 0.29) is 17.0 Å². The fourth-order valence-corrected chi connectivity index (χ4v) is 3.12. The molecular weight excluding hydrogens is 330 g/mol. The average molecular weight is 351 g/mol. The molecule has 1 amide bonds. The van der Waals surface area contributed by atoms with Crippen LogP contribution in [0.15, 0.2) is 24.4 Å². The van der Waals surface area contributed by atoms with Gasteiger partial charge in [-0.2, -0.15) is 0 Å². The number of fused-ring (bicyclic) bond motifs is 1. The number of rotatable bonds is 4. The van der Waals surface area contributed by atoms with E-state index in [9.17, 15) is 9.90 Å². The number of nitrogens with two attached hydrogens (primary N) is 2. The van der Waals surface area contributed by atoms with Crippen molar-refractivity contribution in [3.63, 3.8) is 0 Å². The summed E-state index contributed by atoms with van der Waals surface area (Å²) < 4.78 is 0. The van der Waals surface area contributed by atoms with Gasteiger partial charge in [0.15, 0.2) is 0 Å². The van der Waals surface area contributed by atoms with Gasteiger partial charge in [0.2, 0.25) is 0 Å². The molecule has 3 rings (SSSR count). The summed E-state index contributed by atoms with van der Waals surface area (Å²) in [6, 6.07) is 4.97. The molecule has 0 saturated heterocycles. The van der Waals surface area contributed by atoms with Gasteiger partial charge in [0.05, 0.1) is 28.5 Å². The number of carbonyl (C=O) groups is 1. The molecule has 6 N–H and O–H groups in total. The minimum Gasteiger partial charge on any atom is -0.508 e. The van der Waals surface area contributed by atoms with Gasteiger partial charge in [-0.25, -0.2) is 4.98 Å². The summed E-state index contributed by atoms with van der Waals surface area (Å²) in [6.45, 7) is 6.34. The Morgan fingerprint density at radius 3 is 2.65 bits per heavy atom. The molecule has 3 aromatic rings. The lowest BCUT2D eigenvalue weighted by Gasteiger charge is -2.17. The second-order valence-electron chi connectivity index (χ2n) is 6.13. The third-order valence-corrected chi connectivity index (χ3v) is 4.39. The second-order valence-corrected chi connectivity index (χ2v) is 6.13. The molecule has 0 bridgehead atoms. The summed E-state index contributed by atoms with van der Waals surface area (Å²) in [4.78, 5) is 21.0. The van der Waals surface area contributed by atoms with Gasteiger partial charge in [0.25, 0.3) is 5.91 Å². The first-order valence-electron chi connectivity index (χ1n) is 8.27. The van der Waals surface area contributed by atoms with Crippen LogP contribution in [0.1, 0.15) is 28.4 Å². The average Bonchev–Trinajstić information content (AvgIpc) is 2.60. The zero-order valence-corrected chi connectivity index (χ0v) is 14.9. The van der Waals surface area contributed by atoms with E-state index in [1.807, 2.05) is 13.8 Å². The predicted molar refractivity (Wildman–Crippen MR) is 103 cm³/mol. The van der Waals surface area contributed by atoms with Gasteiger partial charge in [-0.05, 0) is 49.6 Å². The molecule has 0 saturated carbocycles. The van der Waals surface area contributed by atoms with Crippen LogP contribution in [0.5, 0.6) is 5.75 Å². The Hall–Kier alpha value is -3.35. The van der Waals surface area contributed by atoms with Crippen molar-refractivity contribution in [3.05, 3.63) is 41.1 Å². The number of aromatic hydroxyl groups is 1. The number of amides is 1. The molecule has 1 aromatic heterocycles. The molecule has 0 spiro atoms. The highest BCUT2D eigenvalue weighted by Crippen LogP contribution is 2.40. The van der Waals surface area contributed by atoms with Gasteiger partial charge < -0.3 is 21.9 Å². The van der Waals surface area contributed by atoms with Crippen molar-refractivity contribution in [2.24, 2.45) is 5.73 Å². The SMILES string of the molecule is CCNc1cnc2c(-c3c(C)ccc(O)c3C)c(N)c(C(N)=O)cc2n1. The van der Waals surface area contributed by atoms with Crippen LogP contribution in [0.25, 0.3) is 22.2 Å². The second kappa shape index (κ2) is 6.51. The Morgan fingerprint density at radius 2 is 2.00 bits per heavy atom. The van der Waals surface area contributed by atoms with Crippen LogP contribution in [0.4, 0.5) is 11.5 Å². The summed E-state index contributed by atoms with van der Waals surface area (Å²) in [6.07, 6.45) is 1.62. The molecule has 0 unspecified atom stereocenters. The highest BCUT2D eigenvalue weighted by molar-refractivity contribution is 6.10. The summed E-state index contributed by atoms with van der Waals surface area (Å²) in [5, 5.41) is 13.3. The van der Waals surface area contributed by atoms with Gasteiger partial charge in [0.1, 0.15) is 11.6 Å². The topological polar surface area (TPSA) is 127 Å². The number of benzene rings is 2. The quantitative estimate of drug-likeness (QED) is 0.535. The van der Waals surface area contributed by atoms with Crippen molar-refractivity contribution in [1.82, 2.24) is 9.97 Å². The standard InChI is InChI=1S/C19H21N5O2/c1-4-22-14-8-23-18-12(24-14)7-11(19(21)26)17(20)16(18)15-9(2)5-6-13(25)10(15)3/h5-8,25H,4,20H2,1-3H3,(H2,21,26)(H,22,24). The zero-order chi connectivity index (χ0) is 19.0. The number of hydrogen-bond acceptors (Lipinski definition) is 6. The van der Waals surface area contributed by atoms with E-state index in [4.69, 9.17) is 11.5 Å². The number of nitrogen functional groups attached to an aromatic ring is 1. The first-order chi connectivity index (χ1) is 12.3. The van der Waals surface area contributed by atoms with E-state index in [0.29, 0.717) is 34.5 Å². The highest BCUT2D eigenvalue weighted by atomic mass is 16.3. The van der Waals surface area contributed by atoms with E-state index in [2.05, 4.69) is 15.3 Å². The lowest BCUT2D eigenvalue weighted by molar-refractivity contribution is 0.100. The molecule has 0 aliphatic rings. The molecule has 0 aliphatic carbocycles. The maximum atomic E-state index is 11.9. The summed E-state index contributed by atoms with van der Waals surface area (Å²) in [7, 11) is 0. The molecule has 0 fully saturated rings. The molecule has 1 heterocycles. The largest absolute Gasteiger partial charge is 0.508 e. The first kappa shape index (κ1) is 17.5. The number of anilines is 2. The van der Waals surface area contributed by atoms with Crippen molar-refractivity contribution in [3.8, 4) is 16.9 Å². The molecule has 0 radical (unpaired) electrons. The number of aryl methyl sites for hydroxylation is 1. The Balaban J connectivity index is 2.46. The Labute approximate surface area is 151 Å². The summed E-state index contributed by atoms with van der Waals surface area (Å²) in [5.41, 5.74) is 16.1. The number of phenols is 1. The van der Waals surface area contributed by atoms with E-state index in [0.717, 1.165) is 11.1 Å². The van der Waals surface area contributed by atoms with Crippen LogP contribution in [0.2, 0.25) is 0 Å². The van der Waals surface area contributed by atoms with Gasteiger partial charge in [0, 0.05) is 12.1 Å². The fourth-order valence-electron chi connectivity index (χ4n) is 3.12.